The number of ether oxygens (including phenoxy) is 1. The molecule has 7 nitrogen and oxygen atoms in total. The van der Waals surface area contributed by atoms with Crippen LogP contribution in [0.1, 0.15) is 15.9 Å². The SMILES string of the molecule is COC(=O)c1ccc(NC(=O)CN(CCc2ccccc2)S(=O)(=O)c2ccccc2)cc1. The number of carbonyl (C=O) groups is 2. The molecule has 3 aromatic carbocycles. The van der Waals surface area contributed by atoms with Crippen LogP contribution in [0.4, 0.5) is 5.69 Å². The lowest BCUT2D eigenvalue weighted by Gasteiger charge is -2.22. The number of rotatable bonds is 9. The van der Waals surface area contributed by atoms with Crippen molar-refractivity contribution in [3.05, 3.63) is 96.1 Å². The van der Waals surface area contributed by atoms with Gasteiger partial charge in [-0.15, -0.1) is 0 Å². The Morgan fingerprint density at radius 3 is 2.06 bits per heavy atom. The lowest BCUT2D eigenvalue weighted by Crippen LogP contribution is -2.39. The van der Waals surface area contributed by atoms with E-state index in [9.17, 15) is 18.0 Å². The summed E-state index contributed by atoms with van der Waals surface area (Å²) in [6, 6.07) is 23.7. The van der Waals surface area contributed by atoms with Crippen molar-refractivity contribution in [2.24, 2.45) is 0 Å². The van der Waals surface area contributed by atoms with Crippen LogP contribution in [-0.4, -0.2) is 44.8 Å². The number of hydrogen-bond donors (Lipinski definition) is 1. The molecule has 0 fully saturated rings. The highest BCUT2D eigenvalue weighted by Crippen LogP contribution is 2.17. The van der Waals surface area contributed by atoms with Crippen LogP contribution in [-0.2, 0) is 26.0 Å². The first-order valence-electron chi connectivity index (χ1n) is 9.97. The number of carbonyl (C=O) groups excluding carboxylic acids is 2. The van der Waals surface area contributed by atoms with E-state index in [1.807, 2.05) is 30.3 Å². The normalized spacial score (nSPS) is 11.2. The van der Waals surface area contributed by atoms with Gasteiger partial charge in [-0.2, -0.15) is 4.31 Å². The van der Waals surface area contributed by atoms with E-state index < -0.39 is 21.9 Å². The fraction of sp³-hybridized carbons (Fsp3) is 0.167. The Bertz CT molecular complexity index is 1150. The smallest absolute Gasteiger partial charge is 0.337 e. The molecule has 0 heterocycles. The van der Waals surface area contributed by atoms with Crippen molar-refractivity contribution in [2.75, 3.05) is 25.5 Å². The first-order valence-corrected chi connectivity index (χ1v) is 11.4. The predicted molar refractivity (Wildman–Crippen MR) is 122 cm³/mol. The van der Waals surface area contributed by atoms with Crippen LogP contribution in [0, 0.1) is 0 Å². The monoisotopic (exact) mass is 452 g/mol. The number of amides is 1. The minimum Gasteiger partial charge on any atom is -0.465 e. The van der Waals surface area contributed by atoms with E-state index in [4.69, 9.17) is 0 Å². The summed E-state index contributed by atoms with van der Waals surface area (Å²) in [6.07, 6.45) is 0.466. The molecule has 0 bridgehead atoms. The van der Waals surface area contributed by atoms with E-state index in [2.05, 4.69) is 10.1 Å². The molecular formula is C24H24N2O5S. The zero-order valence-electron chi connectivity index (χ0n) is 17.6. The lowest BCUT2D eigenvalue weighted by atomic mass is 10.1. The number of methoxy groups -OCH3 is 1. The van der Waals surface area contributed by atoms with E-state index >= 15 is 0 Å². The molecule has 0 aliphatic heterocycles. The molecule has 0 saturated heterocycles. The standard InChI is InChI=1S/C24H24N2O5S/c1-31-24(28)20-12-14-21(15-13-20)25-23(27)18-26(17-16-19-8-4-2-5-9-19)32(29,30)22-10-6-3-7-11-22/h2-15H,16-18H2,1H3,(H,25,27). The highest BCUT2D eigenvalue weighted by molar-refractivity contribution is 7.89. The van der Waals surface area contributed by atoms with E-state index in [0.717, 1.165) is 5.56 Å². The van der Waals surface area contributed by atoms with Crippen molar-refractivity contribution in [3.8, 4) is 0 Å². The molecule has 1 amide bonds. The Morgan fingerprint density at radius 2 is 1.47 bits per heavy atom. The predicted octanol–water partition coefficient (Wildman–Crippen LogP) is 3.35. The van der Waals surface area contributed by atoms with Crippen molar-refractivity contribution in [1.82, 2.24) is 4.31 Å². The molecule has 3 aromatic rings. The van der Waals surface area contributed by atoms with Gasteiger partial charge < -0.3 is 10.1 Å². The molecule has 0 aliphatic rings. The van der Waals surface area contributed by atoms with Gasteiger partial charge in [-0.25, -0.2) is 13.2 Å². The van der Waals surface area contributed by atoms with Crippen LogP contribution in [0.15, 0.2) is 89.8 Å². The van der Waals surface area contributed by atoms with Crippen molar-refractivity contribution in [1.29, 1.82) is 0 Å². The first-order chi connectivity index (χ1) is 15.4. The van der Waals surface area contributed by atoms with Crippen LogP contribution in [0.2, 0.25) is 0 Å². The summed E-state index contributed by atoms with van der Waals surface area (Å²) in [6.45, 7) is -0.196. The van der Waals surface area contributed by atoms with E-state index in [0.29, 0.717) is 17.7 Å². The van der Waals surface area contributed by atoms with Gasteiger partial charge in [-0.1, -0.05) is 48.5 Å². The summed E-state index contributed by atoms with van der Waals surface area (Å²) in [7, 11) is -2.58. The molecule has 0 unspecified atom stereocenters. The van der Waals surface area contributed by atoms with Crippen LogP contribution in [0.3, 0.4) is 0 Å². The largest absolute Gasteiger partial charge is 0.465 e. The van der Waals surface area contributed by atoms with Gasteiger partial charge in [-0.3, -0.25) is 4.79 Å². The fourth-order valence-corrected chi connectivity index (χ4v) is 4.51. The minimum atomic E-state index is -3.87. The maximum Gasteiger partial charge on any atom is 0.337 e. The minimum absolute atomic E-state index is 0.128. The van der Waals surface area contributed by atoms with Gasteiger partial charge >= 0.3 is 5.97 Å². The molecule has 1 N–H and O–H groups in total. The fourth-order valence-electron chi connectivity index (χ4n) is 3.09. The zero-order valence-corrected chi connectivity index (χ0v) is 18.4. The summed E-state index contributed by atoms with van der Waals surface area (Å²) >= 11 is 0. The van der Waals surface area contributed by atoms with Crippen LogP contribution >= 0.6 is 0 Å². The highest BCUT2D eigenvalue weighted by Gasteiger charge is 2.26. The number of anilines is 1. The second-order valence-corrected chi connectivity index (χ2v) is 8.94. The molecule has 0 saturated carbocycles. The number of sulfonamides is 1. The van der Waals surface area contributed by atoms with Gasteiger partial charge in [0.15, 0.2) is 0 Å². The number of nitrogens with one attached hydrogen (secondary N) is 1. The quantitative estimate of drug-likeness (QED) is 0.503. The average Bonchev–Trinajstić information content (AvgIpc) is 2.82. The second kappa shape index (κ2) is 10.7. The maximum atomic E-state index is 13.2. The molecule has 0 atom stereocenters. The Labute approximate surface area is 187 Å². The third-order valence-electron chi connectivity index (χ3n) is 4.78. The number of nitrogens with zero attached hydrogens (tertiary/aromatic N) is 1. The van der Waals surface area contributed by atoms with Gasteiger partial charge in [0, 0.05) is 12.2 Å². The number of esters is 1. The molecule has 166 valence electrons. The summed E-state index contributed by atoms with van der Waals surface area (Å²) in [4.78, 5) is 24.3. The number of hydrogen-bond acceptors (Lipinski definition) is 5. The van der Waals surface area contributed by atoms with Gasteiger partial charge in [-0.05, 0) is 48.4 Å². The zero-order chi connectivity index (χ0) is 23.0. The molecular weight excluding hydrogens is 428 g/mol. The summed E-state index contributed by atoms with van der Waals surface area (Å²) in [5.41, 5.74) is 1.77. The summed E-state index contributed by atoms with van der Waals surface area (Å²) in [5, 5.41) is 2.68. The van der Waals surface area contributed by atoms with Crippen molar-refractivity contribution in [3.63, 3.8) is 0 Å². The molecule has 0 radical (unpaired) electrons. The van der Waals surface area contributed by atoms with Gasteiger partial charge in [0.25, 0.3) is 0 Å². The molecule has 0 spiro atoms. The highest BCUT2D eigenvalue weighted by atomic mass is 32.2. The molecule has 8 heteroatoms. The van der Waals surface area contributed by atoms with Gasteiger partial charge in [0.1, 0.15) is 0 Å². The second-order valence-electron chi connectivity index (χ2n) is 7.00. The van der Waals surface area contributed by atoms with E-state index in [-0.39, 0.29) is 18.0 Å². The summed E-state index contributed by atoms with van der Waals surface area (Å²) in [5.74, 6) is -0.965. The van der Waals surface area contributed by atoms with Crippen molar-refractivity contribution in [2.45, 2.75) is 11.3 Å². The maximum absolute atomic E-state index is 13.2. The van der Waals surface area contributed by atoms with E-state index in [1.54, 1.807) is 30.3 Å². The van der Waals surface area contributed by atoms with Crippen molar-refractivity contribution >= 4 is 27.6 Å². The number of benzene rings is 3. The topological polar surface area (TPSA) is 92.8 Å². The molecule has 0 aliphatic carbocycles. The molecule has 0 aromatic heterocycles. The molecule has 32 heavy (non-hydrogen) atoms. The third kappa shape index (κ3) is 6.03. The molecule has 3 rings (SSSR count). The third-order valence-corrected chi connectivity index (χ3v) is 6.64. The first kappa shape index (κ1) is 23.2. The Morgan fingerprint density at radius 1 is 0.875 bits per heavy atom. The average molecular weight is 453 g/mol. The summed E-state index contributed by atoms with van der Waals surface area (Å²) < 4.78 is 32.2. The lowest BCUT2D eigenvalue weighted by molar-refractivity contribution is -0.116. The van der Waals surface area contributed by atoms with E-state index in [1.165, 1.54) is 35.7 Å². The van der Waals surface area contributed by atoms with Crippen molar-refractivity contribution < 1.29 is 22.7 Å². The Hall–Kier alpha value is -3.49. The van der Waals surface area contributed by atoms with Crippen LogP contribution in [0.25, 0.3) is 0 Å². The Kier molecular flexibility index (Phi) is 7.75. The van der Waals surface area contributed by atoms with Gasteiger partial charge in [0.2, 0.25) is 15.9 Å². The van der Waals surface area contributed by atoms with Gasteiger partial charge in [0.05, 0.1) is 24.1 Å². The van der Waals surface area contributed by atoms with Crippen LogP contribution < -0.4 is 5.32 Å². The van der Waals surface area contributed by atoms with Crippen LogP contribution in [0.5, 0.6) is 0 Å². The Balaban J connectivity index is 1.75.